The lowest BCUT2D eigenvalue weighted by atomic mass is 9.88. The highest BCUT2D eigenvalue weighted by atomic mass is 32.1. The van der Waals surface area contributed by atoms with Gasteiger partial charge in [0.2, 0.25) is 0 Å². The number of hydrogen-bond donors (Lipinski definition) is 2. The number of hydrogen-bond acceptors (Lipinski definition) is 8. The molecule has 2 unspecified atom stereocenters. The molecule has 0 saturated heterocycles. The van der Waals surface area contributed by atoms with Crippen LogP contribution in [0.1, 0.15) is 96.0 Å². The third kappa shape index (κ3) is 7.10. The maximum absolute atomic E-state index is 15.1. The summed E-state index contributed by atoms with van der Waals surface area (Å²) in [6.07, 6.45) is 0.666. The van der Waals surface area contributed by atoms with Crippen molar-refractivity contribution in [3.63, 3.8) is 0 Å². The van der Waals surface area contributed by atoms with Crippen molar-refractivity contribution in [1.82, 2.24) is 0 Å². The first-order valence-corrected chi connectivity index (χ1v) is 17.4. The van der Waals surface area contributed by atoms with E-state index in [-0.39, 0.29) is 24.7 Å². The van der Waals surface area contributed by atoms with Crippen molar-refractivity contribution in [2.45, 2.75) is 116 Å². The fourth-order valence-corrected chi connectivity index (χ4v) is 8.49. The molecule has 50 heavy (non-hydrogen) atoms. The molecular formula is C32H36F8N2O6S2. The standard InChI is InChI=1S/C32H36F8N2O6S2/c1-13(2)47-25(43)21-17-9-7-15(5)11-19(17)49-23(21)41-27(45)29(33,34)31(37,38)32(39,40)30(35,36)28(46)42-24-22(26(44)48-14(3)4)18-10-8-16(6)12-20(18)50-24/h13-16H,7-12H2,1-6H3,(H,41,45)(H,42,46). The molecule has 0 aliphatic heterocycles. The van der Waals surface area contributed by atoms with E-state index in [1.807, 2.05) is 13.8 Å². The van der Waals surface area contributed by atoms with Crippen LogP contribution in [0.25, 0.3) is 0 Å². The van der Waals surface area contributed by atoms with Gasteiger partial charge in [-0.3, -0.25) is 9.59 Å². The van der Waals surface area contributed by atoms with Crippen LogP contribution in [0, 0.1) is 11.8 Å². The minimum atomic E-state index is -7.17. The van der Waals surface area contributed by atoms with E-state index in [9.17, 15) is 19.2 Å². The summed E-state index contributed by atoms with van der Waals surface area (Å²) in [5.74, 6) is -35.8. The zero-order valence-corrected chi connectivity index (χ0v) is 29.5. The number of thiophene rings is 2. The van der Waals surface area contributed by atoms with Gasteiger partial charge in [-0.2, -0.15) is 35.1 Å². The molecule has 0 radical (unpaired) electrons. The normalized spacial score (nSPS) is 18.4. The minimum Gasteiger partial charge on any atom is -0.459 e. The molecule has 0 fully saturated rings. The average Bonchev–Trinajstić information content (AvgIpc) is 3.52. The number of fused-ring (bicyclic) bond motifs is 2. The molecule has 2 atom stereocenters. The summed E-state index contributed by atoms with van der Waals surface area (Å²) >= 11 is 1.13. The molecule has 0 spiro atoms. The van der Waals surface area contributed by atoms with Crippen molar-refractivity contribution in [3.05, 3.63) is 32.0 Å². The van der Waals surface area contributed by atoms with Crippen LogP contribution in [0.5, 0.6) is 0 Å². The van der Waals surface area contributed by atoms with Gasteiger partial charge in [0.15, 0.2) is 0 Å². The third-order valence-corrected chi connectivity index (χ3v) is 10.7. The average molecular weight is 761 g/mol. The van der Waals surface area contributed by atoms with Gasteiger partial charge in [-0.05, 0) is 89.2 Å². The fraction of sp³-hybridized carbons (Fsp3) is 0.625. The highest BCUT2D eigenvalue weighted by molar-refractivity contribution is 7.17. The summed E-state index contributed by atoms with van der Waals surface area (Å²) in [4.78, 5) is 51.8. The predicted molar refractivity (Wildman–Crippen MR) is 169 cm³/mol. The maximum Gasteiger partial charge on any atom is 0.393 e. The highest BCUT2D eigenvalue weighted by Gasteiger charge is 2.84. The van der Waals surface area contributed by atoms with Gasteiger partial charge in [0.1, 0.15) is 10.0 Å². The fourth-order valence-electron chi connectivity index (χ4n) is 5.70. The Balaban J connectivity index is 1.64. The summed E-state index contributed by atoms with van der Waals surface area (Å²) in [5.41, 5.74) is -0.290. The van der Waals surface area contributed by atoms with Gasteiger partial charge in [-0.25, -0.2) is 9.59 Å². The van der Waals surface area contributed by atoms with Crippen molar-refractivity contribution >= 4 is 56.4 Å². The molecule has 18 heteroatoms. The van der Waals surface area contributed by atoms with E-state index >= 15 is 35.1 Å². The molecule has 2 aliphatic carbocycles. The minimum absolute atomic E-state index is 0.0524. The van der Waals surface area contributed by atoms with Crippen LogP contribution in [0.3, 0.4) is 0 Å². The molecule has 2 heterocycles. The van der Waals surface area contributed by atoms with Crippen LogP contribution in [-0.4, -0.2) is 59.7 Å². The maximum atomic E-state index is 15.1. The Bertz CT molecular complexity index is 1550. The first kappa shape index (κ1) is 39.5. The molecule has 8 nitrogen and oxygen atoms in total. The van der Waals surface area contributed by atoms with Crippen LogP contribution in [-0.2, 0) is 44.7 Å². The Morgan fingerprint density at radius 3 is 1.26 bits per heavy atom. The van der Waals surface area contributed by atoms with Crippen LogP contribution in [0.4, 0.5) is 45.1 Å². The lowest BCUT2D eigenvalue weighted by molar-refractivity contribution is -0.345. The zero-order chi connectivity index (χ0) is 37.7. The molecule has 2 aromatic heterocycles. The molecule has 0 saturated carbocycles. The summed E-state index contributed by atoms with van der Waals surface area (Å²) in [6.45, 7) is 9.49. The zero-order valence-electron chi connectivity index (χ0n) is 27.8. The Hall–Kier alpha value is -3.28. The second-order valence-corrected chi connectivity index (χ2v) is 15.4. The third-order valence-electron chi connectivity index (χ3n) is 8.32. The quantitative estimate of drug-likeness (QED) is 0.176. The van der Waals surface area contributed by atoms with Crippen molar-refractivity contribution in [1.29, 1.82) is 0 Å². The van der Waals surface area contributed by atoms with Gasteiger partial charge in [-0.15, -0.1) is 22.7 Å². The lowest BCUT2D eigenvalue weighted by Gasteiger charge is -2.35. The second-order valence-electron chi connectivity index (χ2n) is 13.2. The topological polar surface area (TPSA) is 111 Å². The number of rotatable bonds is 11. The molecule has 278 valence electrons. The number of anilines is 2. The molecular weight excluding hydrogens is 724 g/mol. The van der Waals surface area contributed by atoms with Gasteiger partial charge in [0.25, 0.3) is 0 Å². The first-order valence-electron chi connectivity index (χ1n) is 15.8. The van der Waals surface area contributed by atoms with Crippen LogP contribution < -0.4 is 10.6 Å². The molecule has 2 N–H and O–H groups in total. The van der Waals surface area contributed by atoms with E-state index in [1.165, 1.54) is 38.3 Å². The number of carbonyl (C=O) groups is 4. The summed E-state index contributed by atoms with van der Waals surface area (Å²) in [7, 11) is 0. The number of nitrogens with one attached hydrogen (secondary N) is 2. The number of carbonyl (C=O) groups excluding carboxylic acids is 4. The van der Waals surface area contributed by atoms with Crippen molar-refractivity contribution in [2.75, 3.05) is 10.6 Å². The van der Waals surface area contributed by atoms with Gasteiger partial charge < -0.3 is 20.1 Å². The summed E-state index contributed by atoms with van der Waals surface area (Å²) in [6, 6.07) is 0. The van der Waals surface area contributed by atoms with E-state index in [0.717, 1.165) is 0 Å². The van der Waals surface area contributed by atoms with E-state index in [2.05, 4.69) is 0 Å². The molecule has 4 rings (SSSR count). The van der Waals surface area contributed by atoms with Crippen LogP contribution in [0.15, 0.2) is 0 Å². The first-order chi connectivity index (χ1) is 22.9. The van der Waals surface area contributed by atoms with Crippen LogP contribution >= 0.6 is 22.7 Å². The van der Waals surface area contributed by atoms with Crippen LogP contribution in [0.2, 0.25) is 0 Å². The number of halogens is 8. The Morgan fingerprint density at radius 2 is 0.960 bits per heavy atom. The van der Waals surface area contributed by atoms with E-state index < -0.39 is 80.8 Å². The number of esters is 2. The lowest BCUT2D eigenvalue weighted by Crippen LogP contribution is -2.67. The Labute approximate surface area is 290 Å². The van der Waals surface area contributed by atoms with E-state index in [4.69, 9.17) is 9.47 Å². The Morgan fingerprint density at radius 1 is 0.640 bits per heavy atom. The number of ether oxygens (including phenoxy) is 2. The molecule has 2 aromatic rings. The number of amides is 2. The van der Waals surface area contributed by atoms with Gasteiger partial charge in [-0.1, -0.05) is 13.8 Å². The van der Waals surface area contributed by atoms with Crippen molar-refractivity contribution in [3.8, 4) is 0 Å². The molecule has 0 bridgehead atoms. The van der Waals surface area contributed by atoms with Gasteiger partial charge >= 0.3 is 47.4 Å². The smallest absolute Gasteiger partial charge is 0.393 e. The monoisotopic (exact) mass is 760 g/mol. The van der Waals surface area contributed by atoms with Gasteiger partial charge in [0.05, 0.1) is 23.3 Å². The highest BCUT2D eigenvalue weighted by Crippen LogP contribution is 2.54. The molecule has 2 aliphatic rings. The second kappa shape index (κ2) is 14.0. The van der Waals surface area contributed by atoms with E-state index in [0.29, 0.717) is 69.2 Å². The Kier molecular flexibility index (Phi) is 11.1. The predicted octanol–water partition coefficient (Wildman–Crippen LogP) is 8.31. The summed E-state index contributed by atoms with van der Waals surface area (Å²) < 4.78 is 131. The molecule has 2 amide bonds. The van der Waals surface area contributed by atoms with Crippen molar-refractivity contribution < 1.29 is 63.8 Å². The van der Waals surface area contributed by atoms with Crippen molar-refractivity contribution in [2.24, 2.45) is 11.8 Å². The summed E-state index contributed by atoms with van der Waals surface area (Å²) in [5, 5.41) is 1.31. The molecule has 0 aromatic carbocycles. The van der Waals surface area contributed by atoms with E-state index in [1.54, 1.807) is 0 Å². The largest absolute Gasteiger partial charge is 0.459 e. The number of alkyl halides is 8. The SMILES string of the molecule is CC1CCc2c(sc(NC(=O)C(F)(F)C(F)(F)C(F)(F)C(F)(F)C(=O)Nc3sc4c(c3C(=O)OC(C)C)CCC(C)C4)c2C(=O)OC(C)C)C1. The van der Waals surface area contributed by atoms with Gasteiger partial charge in [0, 0.05) is 9.75 Å².